The average Bonchev–Trinajstić information content (AvgIpc) is 2.72. The number of hydrogen-bond donors (Lipinski definition) is 2. The third-order valence-corrected chi connectivity index (χ3v) is 2.84. The SMILES string of the molecule is CSc1cccc(-n2nc(C(=O)O)[nH]c2=O)c1. The lowest BCUT2D eigenvalue weighted by Crippen LogP contribution is -2.15. The molecule has 1 aromatic carbocycles. The van der Waals surface area contributed by atoms with Gasteiger partial charge in [-0.2, -0.15) is 4.68 Å². The molecule has 7 heteroatoms. The molecule has 1 aromatic heterocycles. The van der Waals surface area contributed by atoms with Gasteiger partial charge in [0, 0.05) is 4.90 Å². The number of hydrogen-bond acceptors (Lipinski definition) is 4. The topological polar surface area (TPSA) is 88.0 Å². The van der Waals surface area contributed by atoms with Gasteiger partial charge in [0.15, 0.2) is 0 Å². The normalized spacial score (nSPS) is 10.4. The van der Waals surface area contributed by atoms with E-state index >= 15 is 0 Å². The molecule has 6 nitrogen and oxygen atoms in total. The summed E-state index contributed by atoms with van der Waals surface area (Å²) in [6.45, 7) is 0. The zero-order chi connectivity index (χ0) is 12.4. The van der Waals surface area contributed by atoms with Crippen molar-refractivity contribution in [3.63, 3.8) is 0 Å². The number of benzene rings is 1. The van der Waals surface area contributed by atoms with E-state index < -0.39 is 11.7 Å². The second-order valence-corrected chi connectivity index (χ2v) is 4.08. The van der Waals surface area contributed by atoms with E-state index in [1.165, 1.54) is 11.8 Å². The minimum absolute atomic E-state index is 0.371. The highest BCUT2D eigenvalue weighted by Gasteiger charge is 2.12. The first kappa shape index (κ1) is 11.5. The number of nitrogens with one attached hydrogen (secondary N) is 1. The first-order valence-electron chi connectivity index (χ1n) is 4.69. The molecule has 0 saturated carbocycles. The number of nitrogens with zero attached hydrogens (tertiary/aromatic N) is 2. The molecule has 0 radical (unpaired) electrons. The maximum Gasteiger partial charge on any atom is 0.373 e. The van der Waals surface area contributed by atoms with E-state index in [1.807, 2.05) is 12.3 Å². The molecule has 2 N–H and O–H groups in total. The summed E-state index contributed by atoms with van der Waals surface area (Å²) < 4.78 is 1.03. The summed E-state index contributed by atoms with van der Waals surface area (Å²) in [5.74, 6) is -1.63. The van der Waals surface area contributed by atoms with E-state index in [0.29, 0.717) is 5.69 Å². The average molecular weight is 251 g/mol. The summed E-state index contributed by atoms with van der Waals surface area (Å²) in [5, 5.41) is 12.4. The third kappa shape index (κ3) is 2.23. The van der Waals surface area contributed by atoms with Gasteiger partial charge >= 0.3 is 11.7 Å². The van der Waals surface area contributed by atoms with Crippen LogP contribution in [0.2, 0.25) is 0 Å². The second kappa shape index (κ2) is 4.46. The Morgan fingerprint density at radius 2 is 2.29 bits per heavy atom. The van der Waals surface area contributed by atoms with Crippen LogP contribution < -0.4 is 5.69 Å². The Hall–Kier alpha value is -2.02. The number of thioether (sulfide) groups is 1. The van der Waals surface area contributed by atoms with E-state index in [9.17, 15) is 9.59 Å². The molecule has 1 heterocycles. The molecule has 17 heavy (non-hydrogen) atoms. The van der Waals surface area contributed by atoms with Crippen LogP contribution in [0.1, 0.15) is 10.6 Å². The molecule has 0 aliphatic carbocycles. The van der Waals surface area contributed by atoms with Gasteiger partial charge in [0.05, 0.1) is 5.69 Å². The molecule has 0 unspecified atom stereocenters. The van der Waals surface area contributed by atoms with Gasteiger partial charge in [0.2, 0.25) is 5.82 Å². The van der Waals surface area contributed by atoms with Gasteiger partial charge in [0.25, 0.3) is 0 Å². The molecular weight excluding hydrogens is 242 g/mol. The molecule has 0 saturated heterocycles. The predicted molar refractivity (Wildman–Crippen MR) is 62.9 cm³/mol. The zero-order valence-electron chi connectivity index (χ0n) is 8.88. The quantitative estimate of drug-likeness (QED) is 0.794. The van der Waals surface area contributed by atoms with Crippen molar-refractivity contribution in [1.29, 1.82) is 0 Å². The smallest absolute Gasteiger partial charge is 0.373 e. The van der Waals surface area contributed by atoms with Crippen LogP contribution in [-0.2, 0) is 0 Å². The van der Waals surface area contributed by atoms with Crippen molar-refractivity contribution in [2.45, 2.75) is 4.90 Å². The van der Waals surface area contributed by atoms with Gasteiger partial charge in [-0.3, -0.25) is 4.98 Å². The third-order valence-electron chi connectivity index (χ3n) is 2.12. The minimum Gasteiger partial charge on any atom is -0.475 e. The molecule has 0 bridgehead atoms. The maximum absolute atomic E-state index is 11.5. The number of aromatic carboxylic acids is 1. The molecule has 0 aliphatic rings. The van der Waals surface area contributed by atoms with Crippen LogP contribution in [0.3, 0.4) is 0 Å². The highest BCUT2D eigenvalue weighted by molar-refractivity contribution is 7.98. The van der Waals surface area contributed by atoms with Crippen LogP contribution in [0.25, 0.3) is 5.69 Å². The van der Waals surface area contributed by atoms with Crippen LogP contribution in [0.5, 0.6) is 0 Å². The van der Waals surface area contributed by atoms with Crippen molar-refractivity contribution >= 4 is 17.7 Å². The van der Waals surface area contributed by atoms with Crippen molar-refractivity contribution in [2.24, 2.45) is 0 Å². The van der Waals surface area contributed by atoms with Crippen LogP contribution in [0, 0.1) is 0 Å². The lowest BCUT2D eigenvalue weighted by Gasteiger charge is -2.01. The Bertz CT molecular complexity index is 617. The maximum atomic E-state index is 11.5. The number of aromatic amines is 1. The lowest BCUT2D eigenvalue weighted by molar-refractivity contribution is 0.0683. The Morgan fingerprint density at radius 1 is 1.53 bits per heavy atom. The number of carboxylic acid groups (broad SMARTS) is 1. The fourth-order valence-electron chi connectivity index (χ4n) is 1.34. The summed E-state index contributed by atoms with van der Waals surface area (Å²) in [7, 11) is 0. The Morgan fingerprint density at radius 3 is 2.88 bits per heavy atom. The molecule has 0 amide bonds. The van der Waals surface area contributed by atoms with Gasteiger partial charge in [-0.1, -0.05) is 6.07 Å². The fourth-order valence-corrected chi connectivity index (χ4v) is 1.79. The molecule has 0 aliphatic heterocycles. The van der Waals surface area contributed by atoms with Crippen LogP contribution >= 0.6 is 11.8 Å². The van der Waals surface area contributed by atoms with Gasteiger partial charge in [0.1, 0.15) is 0 Å². The van der Waals surface area contributed by atoms with E-state index in [-0.39, 0.29) is 5.82 Å². The van der Waals surface area contributed by atoms with E-state index in [1.54, 1.807) is 18.2 Å². The summed E-state index contributed by atoms with van der Waals surface area (Å²) in [6, 6.07) is 7.12. The summed E-state index contributed by atoms with van der Waals surface area (Å²) in [6.07, 6.45) is 1.91. The highest BCUT2D eigenvalue weighted by Crippen LogP contribution is 2.17. The largest absolute Gasteiger partial charge is 0.475 e. The Kier molecular flexibility index (Phi) is 3.01. The molecular formula is C10H9N3O3S. The van der Waals surface area contributed by atoms with Gasteiger partial charge in [-0.15, -0.1) is 16.9 Å². The monoisotopic (exact) mass is 251 g/mol. The van der Waals surface area contributed by atoms with Gasteiger partial charge in [-0.05, 0) is 24.5 Å². The number of aromatic nitrogens is 3. The second-order valence-electron chi connectivity index (χ2n) is 3.20. The highest BCUT2D eigenvalue weighted by atomic mass is 32.2. The molecule has 2 aromatic rings. The van der Waals surface area contributed by atoms with E-state index in [4.69, 9.17) is 5.11 Å². The summed E-state index contributed by atoms with van der Waals surface area (Å²) in [5.41, 5.74) is -0.0359. The fraction of sp³-hybridized carbons (Fsp3) is 0.100. The summed E-state index contributed by atoms with van der Waals surface area (Å²) >= 11 is 1.53. The molecule has 0 atom stereocenters. The Labute approximate surface area is 100 Å². The predicted octanol–water partition coefficient (Wildman–Crippen LogP) is 0.981. The van der Waals surface area contributed by atoms with E-state index in [0.717, 1.165) is 9.58 Å². The van der Waals surface area contributed by atoms with Crippen LogP contribution in [0.15, 0.2) is 34.0 Å². The van der Waals surface area contributed by atoms with Crippen molar-refractivity contribution < 1.29 is 9.90 Å². The number of carbonyl (C=O) groups is 1. The van der Waals surface area contributed by atoms with E-state index in [2.05, 4.69) is 10.1 Å². The molecule has 88 valence electrons. The standard InChI is InChI=1S/C10H9N3O3S/c1-17-7-4-2-3-6(5-7)13-10(16)11-8(12-13)9(14)15/h2-5H,1H3,(H,14,15)(H,11,12,16). The van der Waals surface area contributed by atoms with Crippen molar-refractivity contribution in [3.8, 4) is 5.69 Å². The van der Waals surface area contributed by atoms with Gasteiger partial charge < -0.3 is 5.11 Å². The van der Waals surface area contributed by atoms with Crippen LogP contribution in [0.4, 0.5) is 0 Å². The van der Waals surface area contributed by atoms with Crippen molar-refractivity contribution in [1.82, 2.24) is 14.8 Å². The number of rotatable bonds is 3. The van der Waals surface area contributed by atoms with Crippen LogP contribution in [-0.4, -0.2) is 32.1 Å². The first-order chi connectivity index (χ1) is 8.11. The summed E-state index contributed by atoms with van der Waals surface area (Å²) in [4.78, 5) is 25.3. The van der Waals surface area contributed by atoms with Crippen molar-refractivity contribution in [2.75, 3.05) is 6.26 Å². The minimum atomic E-state index is -1.26. The Balaban J connectivity index is 2.52. The van der Waals surface area contributed by atoms with Crippen molar-refractivity contribution in [3.05, 3.63) is 40.6 Å². The lowest BCUT2D eigenvalue weighted by atomic mass is 10.3. The zero-order valence-corrected chi connectivity index (χ0v) is 9.69. The van der Waals surface area contributed by atoms with Gasteiger partial charge in [-0.25, -0.2) is 9.59 Å². The number of carboxylic acids is 1. The molecule has 0 fully saturated rings. The molecule has 2 rings (SSSR count). The first-order valence-corrected chi connectivity index (χ1v) is 5.91. The molecule has 0 spiro atoms. The number of H-pyrrole nitrogens is 1.